The number of nitrogens with two attached hydrogens (primary N) is 1. The predicted octanol–water partition coefficient (Wildman–Crippen LogP) is 3.55. The zero-order chi connectivity index (χ0) is 11.0. The number of pyridine rings is 1. The lowest BCUT2D eigenvalue weighted by Gasteiger charge is -1.99. The fraction of sp³-hybridized carbons (Fsp3) is 0. The Kier molecular flexibility index (Phi) is 2.11. The molecule has 2 heterocycles. The van der Waals surface area contributed by atoms with Gasteiger partial charge < -0.3 is 5.73 Å². The van der Waals surface area contributed by atoms with Gasteiger partial charge in [0.25, 0.3) is 0 Å². The van der Waals surface area contributed by atoms with Gasteiger partial charge in [0.2, 0.25) is 0 Å². The summed E-state index contributed by atoms with van der Waals surface area (Å²) in [5.41, 5.74) is 7.73. The number of aromatic nitrogens is 1. The number of benzene rings is 1. The molecule has 1 aromatic carbocycles. The van der Waals surface area contributed by atoms with E-state index in [0.29, 0.717) is 0 Å². The minimum Gasteiger partial charge on any atom is -0.391 e. The number of anilines is 1. The third kappa shape index (κ3) is 1.55. The molecule has 2 N–H and O–H groups in total. The summed E-state index contributed by atoms with van der Waals surface area (Å²) in [5.74, 6) is 0. The summed E-state index contributed by atoms with van der Waals surface area (Å²) >= 11 is 1.56. The summed E-state index contributed by atoms with van der Waals surface area (Å²) in [6, 6.07) is 16.2. The Labute approximate surface area is 97.4 Å². The van der Waals surface area contributed by atoms with Crippen LogP contribution in [0.2, 0.25) is 0 Å². The second-order valence-corrected chi connectivity index (χ2v) is 4.71. The summed E-state index contributed by atoms with van der Waals surface area (Å²) in [7, 11) is 0. The van der Waals surface area contributed by atoms with Crippen molar-refractivity contribution in [1.29, 1.82) is 0 Å². The van der Waals surface area contributed by atoms with Crippen molar-refractivity contribution in [2.45, 2.75) is 0 Å². The number of para-hydroxylation sites is 1. The van der Waals surface area contributed by atoms with Crippen LogP contribution in [0.5, 0.6) is 0 Å². The Bertz CT molecular complexity index is 643. The van der Waals surface area contributed by atoms with Crippen LogP contribution in [0.15, 0.2) is 48.5 Å². The van der Waals surface area contributed by atoms with Gasteiger partial charge in [-0.1, -0.05) is 24.3 Å². The van der Waals surface area contributed by atoms with E-state index in [0.717, 1.165) is 26.5 Å². The zero-order valence-corrected chi connectivity index (χ0v) is 9.37. The number of fused-ring (bicyclic) bond motifs is 1. The van der Waals surface area contributed by atoms with Crippen molar-refractivity contribution in [2.24, 2.45) is 0 Å². The van der Waals surface area contributed by atoms with Crippen molar-refractivity contribution in [2.75, 3.05) is 5.73 Å². The number of hydrogen-bond donors (Lipinski definition) is 1. The van der Waals surface area contributed by atoms with Crippen LogP contribution in [0, 0.1) is 0 Å². The van der Waals surface area contributed by atoms with E-state index in [4.69, 9.17) is 5.73 Å². The molecule has 0 aliphatic heterocycles. The van der Waals surface area contributed by atoms with E-state index < -0.39 is 0 Å². The average molecular weight is 226 g/mol. The van der Waals surface area contributed by atoms with E-state index >= 15 is 0 Å². The van der Waals surface area contributed by atoms with E-state index in [1.54, 1.807) is 11.3 Å². The van der Waals surface area contributed by atoms with Gasteiger partial charge in [-0.2, -0.15) is 0 Å². The molecule has 2 nitrogen and oxygen atoms in total. The maximum Gasteiger partial charge on any atom is 0.0863 e. The van der Waals surface area contributed by atoms with Crippen LogP contribution >= 0.6 is 11.3 Å². The lowest BCUT2D eigenvalue weighted by molar-refractivity contribution is 1.42. The number of nitrogens with zero attached hydrogens (tertiary/aromatic N) is 1. The van der Waals surface area contributed by atoms with Gasteiger partial charge >= 0.3 is 0 Å². The highest BCUT2D eigenvalue weighted by molar-refractivity contribution is 7.19. The summed E-state index contributed by atoms with van der Waals surface area (Å²) in [4.78, 5) is 5.73. The number of hydrogen-bond acceptors (Lipinski definition) is 3. The van der Waals surface area contributed by atoms with Crippen molar-refractivity contribution in [1.82, 2.24) is 4.98 Å². The van der Waals surface area contributed by atoms with Crippen molar-refractivity contribution in [3.8, 4) is 10.6 Å². The molecule has 0 radical (unpaired) electrons. The van der Waals surface area contributed by atoms with Gasteiger partial charge in [-0.15, -0.1) is 11.3 Å². The topological polar surface area (TPSA) is 38.9 Å². The van der Waals surface area contributed by atoms with Gasteiger partial charge in [-0.25, -0.2) is 4.98 Å². The van der Waals surface area contributed by atoms with E-state index in [1.165, 1.54) is 0 Å². The molecule has 0 amide bonds. The van der Waals surface area contributed by atoms with Gasteiger partial charge in [-0.3, -0.25) is 0 Å². The van der Waals surface area contributed by atoms with Gasteiger partial charge in [0.05, 0.1) is 21.1 Å². The van der Waals surface area contributed by atoms with Gasteiger partial charge in [0.15, 0.2) is 0 Å². The third-order valence-electron chi connectivity index (χ3n) is 2.48. The summed E-state index contributed by atoms with van der Waals surface area (Å²) in [6.07, 6.45) is 0. The monoisotopic (exact) mass is 226 g/mol. The van der Waals surface area contributed by atoms with Crippen LogP contribution in [-0.2, 0) is 0 Å². The molecule has 0 fully saturated rings. The molecule has 0 saturated carbocycles. The molecule has 0 unspecified atom stereocenters. The highest BCUT2D eigenvalue weighted by Gasteiger charge is 2.03. The standard InChI is InChI=1S/C13H10N2S/c14-13-8-7-12(16-13)11-6-5-9-3-1-2-4-10(9)15-11/h1-8H,14H2. The molecule has 0 spiro atoms. The highest BCUT2D eigenvalue weighted by Crippen LogP contribution is 2.29. The van der Waals surface area contributed by atoms with Crippen LogP contribution in [-0.4, -0.2) is 4.98 Å². The van der Waals surface area contributed by atoms with Crippen LogP contribution in [0.3, 0.4) is 0 Å². The number of nitrogen functional groups attached to an aromatic ring is 1. The summed E-state index contributed by atoms with van der Waals surface area (Å²) in [6.45, 7) is 0. The third-order valence-corrected chi connectivity index (χ3v) is 3.41. The molecular formula is C13H10N2S. The van der Waals surface area contributed by atoms with E-state index in [-0.39, 0.29) is 0 Å². The number of rotatable bonds is 1. The Balaban J connectivity index is 2.18. The lowest BCUT2D eigenvalue weighted by Crippen LogP contribution is -1.81. The fourth-order valence-corrected chi connectivity index (χ4v) is 2.44. The molecule has 0 atom stereocenters. The molecule has 3 rings (SSSR count). The van der Waals surface area contributed by atoms with Crippen LogP contribution < -0.4 is 5.73 Å². The second kappa shape index (κ2) is 3.61. The highest BCUT2D eigenvalue weighted by atomic mass is 32.1. The Morgan fingerprint density at radius 3 is 2.62 bits per heavy atom. The van der Waals surface area contributed by atoms with Crippen LogP contribution in [0.4, 0.5) is 5.00 Å². The predicted molar refractivity (Wildman–Crippen MR) is 69.5 cm³/mol. The molecule has 3 heteroatoms. The minimum atomic E-state index is 0.824. The van der Waals surface area contributed by atoms with Crippen molar-refractivity contribution in [3.63, 3.8) is 0 Å². The smallest absolute Gasteiger partial charge is 0.0863 e. The summed E-state index contributed by atoms with van der Waals surface area (Å²) in [5, 5.41) is 1.99. The molecule has 3 aromatic rings. The van der Waals surface area contributed by atoms with E-state index in [9.17, 15) is 0 Å². The van der Waals surface area contributed by atoms with Gasteiger partial charge in [-0.05, 0) is 24.3 Å². The largest absolute Gasteiger partial charge is 0.391 e. The lowest BCUT2D eigenvalue weighted by atomic mass is 10.2. The normalized spacial score (nSPS) is 10.8. The summed E-state index contributed by atoms with van der Waals surface area (Å²) < 4.78 is 0. The molecule has 2 aromatic heterocycles. The van der Waals surface area contributed by atoms with Crippen molar-refractivity contribution in [3.05, 3.63) is 48.5 Å². The first-order chi connectivity index (χ1) is 7.83. The minimum absolute atomic E-state index is 0.824. The molecule has 78 valence electrons. The molecule has 0 aliphatic carbocycles. The van der Waals surface area contributed by atoms with E-state index in [1.807, 2.05) is 36.4 Å². The fourth-order valence-electron chi connectivity index (χ4n) is 1.69. The quantitative estimate of drug-likeness (QED) is 0.689. The van der Waals surface area contributed by atoms with Crippen LogP contribution in [0.1, 0.15) is 0 Å². The first-order valence-corrected chi connectivity index (χ1v) is 5.86. The molecule has 0 saturated heterocycles. The molecule has 16 heavy (non-hydrogen) atoms. The van der Waals surface area contributed by atoms with Gasteiger partial charge in [0.1, 0.15) is 0 Å². The maximum atomic E-state index is 5.72. The average Bonchev–Trinajstić information content (AvgIpc) is 2.75. The Morgan fingerprint density at radius 1 is 0.938 bits per heavy atom. The SMILES string of the molecule is Nc1ccc(-c2ccc3ccccc3n2)s1. The first kappa shape index (κ1) is 9.36. The van der Waals surface area contributed by atoms with E-state index in [2.05, 4.69) is 17.1 Å². The number of thiophene rings is 1. The zero-order valence-electron chi connectivity index (χ0n) is 8.55. The molecular weight excluding hydrogens is 216 g/mol. The Hall–Kier alpha value is -1.87. The Morgan fingerprint density at radius 2 is 1.81 bits per heavy atom. The van der Waals surface area contributed by atoms with Crippen molar-refractivity contribution >= 4 is 27.2 Å². The first-order valence-electron chi connectivity index (χ1n) is 5.04. The molecule has 0 bridgehead atoms. The molecule has 0 aliphatic rings. The maximum absolute atomic E-state index is 5.72. The van der Waals surface area contributed by atoms with Crippen molar-refractivity contribution < 1.29 is 0 Å². The van der Waals surface area contributed by atoms with Crippen LogP contribution in [0.25, 0.3) is 21.5 Å². The second-order valence-electron chi connectivity index (χ2n) is 3.59. The van der Waals surface area contributed by atoms with Gasteiger partial charge in [0, 0.05) is 5.39 Å².